The average Bonchev–Trinajstić information content (AvgIpc) is 2.84. The number of ether oxygens (including phenoxy) is 1. The van der Waals surface area contributed by atoms with Crippen LogP contribution in [0.2, 0.25) is 0 Å². The molecule has 1 fully saturated rings. The standard InChI is InChI=1S/C16H22N2O3/c1-21-15-8-12-4-2-3-11(12)7-14(15)16(20)18-6-5-17-9-13(19)10-18/h7-8,13,17,19H,2-6,9-10H2,1H3/t13-/m0/s1. The van der Waals surface area contributed by atoms with Gasteiger partial charge in [0.2, 0.25) is 0 Å². The van der Waals surface area contributed by atoms with Gasteiger partial charge in [0.1, 0.15) is 5.75 Å². The van der Waals surface area contributed by atoms with Crippen LogP contribution in [0.5, 0.6) is 5.75 Å². The third-order valence-electron chi connectivity index (χ3n) is 4.30. The summed E-state index contributed by atoms with van der Waals surface area (Å²) in [4.78, 5) is 14.5. The van der Waals surface area contributed by atoms with Gasteiger partial charge in [-0.15, -0.1) is 0 Å². The quantitative estimate of drug-likeness (QED) is 0.837. The lowest BCUT2D eigenvalue weighted by molar-refractivity contribution is 0.0669. The third kappa shape index (κ3) is 2.89. The first-order valence-electron chi connectivity index (χ1n) is 7.57. The monoisotopic (exact) mass is 290 g/mol. The summed E-state index contributed by atoms with van der Waals surface area (Å²) in [6, 6.07) is 3.98. The van der Waals surface area contributed by atoms with Crippen LogP contribution < -0.4 is 10.1 Å². The molecule has 1 aromatic rings. The number of fused-ring (bicyclic) bond motifs is 1. The zero-order chi connectivity index (χ0) is 14.8. The first-order chi connectivity index (χ1) is 10.2. The van der Waals surface area contributed by atoms with Crippen molar-refractivity contribution in [2.45, 2.75) is 25.4 Å². The Balaban J connectivity index is 1.89. The molecular weight excluding hydrogens is 268 g/mol. The van der Waals surface area contributed by atoms with Crippen LogP contribution in [-0.4, -0.2) is 55.3 Å². The minimum atomic E-state index is -0.517. The van der Waals surface area contributed by atoms with Crippen LogP contribution in [0.15, 0.2) is 12.1 Å². The second-order valence-electron chi connectivity index (χ2n) is 5.78. The van der Waals surface area contributed by atoms with E-state index in [4.69, 9.17) is 4.74 Å². The van der Waals surface area contributed by atoms with Gasteiger partial charge in [-0.2, -0.15) is 0 Å². The van der Waals surface area contributed by atoms with Crippen LogP contribution in [0.25, 0.3) is 0 Å². The van der Waals surface area contributed by atoms with Crippen LogP contribution in [0.1, 0.15) is 27.9 Å². The van der Waals surface area contributed by atoms with Crippen LogP contribution in [-0.2, 0) is 12.8 Å². The number of rotatable bonds is 2. The summed E-state index contributed by atoms with van der Waals surface area (Å²) >= 11 is 0. The molecule has 0 unspecified atom stereocenters. The van der Waals surface area contributed by atoms with E-state index in [1.165, 1.54) is 11.1 Å². The van der Waals surface area contributed by atoms with E-state index in [0.29, 0.717) is 37.5 Å². The lowest BCUT2D eigenvalue weighted by Crippen LogP contribution is -2.38. The van der Waals surface area contributed by atoms with Crippen molar-refractivity contribution in [3.63, 3.8) is 0 Å². The number of hydrogen-bond donors (Lipinski definition) is 2. The van der Waals surface area contributed by atoms with Crippen LogP contribution in [0.3, 0.4) is 0 Å². The second-order valence-corrected chi connectivity index (χ2v) is 5.78. The first kappa shape index (κ1) is 14.4. The number of aliphatic hydroxyl groups is 1. The van der Waals surface area contributed by atoms with Crippen molar-refractivity contribution in [1.29, 1.82) is 0 Å². The molecule has 1 aliphatic heterocycles. The maximum absolute atomic E-state index is 12.8. The summed E-state index contributed by atoms with van der Waals surface area (Å²) in [6.45, 7) is 2.21. The van der Waals surface area contributed by atoms with Gasteiger partial charge in [-0.3, -0.25) is 4.79 Å². The van der Waals surface area contributed by atoms with E-state index in [1.54, 1.807) is 12.0 Å². The van der Waals surface area contributed by atoms with E-state index in [2.05, 4.69) is 5.32 Å². The molecule has 1 heterocycles. The van der Waals surface area contributed by atoms with Crippen molar-refractivity contribution in [1.82, 2.24) is 10.2 Å². The maximum Gasteiger partial charge on any atom is 0.257 e. The van der Waals surface area contributed by atoms with Gasteiger partial charge in [0.15, 0.2) is 0 Å². The number of carbonyl (C=O) groups excluding carboxylic acids is 1. The van der Waals surface area contributed by atoms with Crippen molar-refractivity contribution in [2.24, 2.45) is 0 Å². The number of carbonyl (C=O) groups is 1. The number of nitrogens with zero attached hydrogens (tertiary/aromatic N) is 1. The molecule has 5 nitrogen and oxygen atoms in total. The van der Waals surface area contributed by atoms with Crippen molar-refractivity contribution in [3.05, 3.63) is 28.8 Å². The number of amides is 1. The molecule has 5 heteroatoms. The molecule has 0 radical (unpaired) electrons. The fraction of sp³-hybridized carbons (Fsp3) is 0.562. The second kappa shape index (κ2) is 6.03. The molecular formula is C16H22N2O3. The van der Waals surface area contributed by atoms with Gasteiger partial charge in [0.25, 0.3) is 5.91 Å². The number of hydrogen-bond acceptors (Lipinski definition) is 4. The average molecular weight is 290 g/mol. The summed E-state index contributed by atoms with van der Waals surface area (Å²) in [5.74, 6) is 0.594. The largest absolute Gasteiger partial charge is 0.496 e. The van der Waals surface area contributed by atoms with Gasteiger partial charge < -0.3 is 20.1 Å². The highest BCUT2D eigenvalue weighted by Crippen LogP contribution is 2.30. The summed E-state index contributed by atoms with van der Waals surface area (Å²) in [6.07, 6.45) is 2.72. The van der Waals surface area contributed by atoms with Gasteiger partial charge in [0, 0.05) is 26.2 Å². The molecule has 0 aromatic heterocycles. The number of benzene rings is 1. The van der Waals surface area contributed by atoms with E-state index < -0.39 is 6.10 Å². The normalized spacial score (nSPS) is 21.8. The van der Waals surface area contributed by atoms with Crippen LogP contribution in [0.4, 0.5) is 0 Å². The Morgan fingerprint density at radius 1 is 1.38 bits per heavy atom. The molecule has 0 saturated carbocycles. The Bertz CT molecular complexity index is 545. The zero-order valence-electron chi connectivity index (χ0n) is 12.4. The zero-order valence-corrected chi connectivity index (χ0v) is 12.4. The lowest BCUT2D eigenvalue weighted by atomic mass is 10.0. The Morgan fingerprint density at radius 3 is 2.90 bits per heavy atom. The number of β-amino-alcohol motifs (C(OH)–C–C–N with tert-alkyl or cyclic N) is 1. The molecule has 3 rings (SSSR count). The molecule has 1 saturated heterocycles. The molecule has 2 aliphatic rings. The first-order valence-corrected chi connectivity index (χ1v) is 7.57. The van der Waals surface area contributed by atoms with Crippen molar-refractivity contribution in [2.75, 3.05) is 33.3 Å². The van der Waals surface area contributed by atoms with Gasteiger partial charge in [-0.1, -0.05) is 0 Å². The summed E-state index contributed by atoms with van der Waals surface area (Å²) in [5, 5.41) is 13.0. The van der Waals surface area contributed by atoms with E-state index in [0.717, 1.165) is 19.3 Å². The van der Waals surface area contributed by atoms with Crippen LogP contribution in [0, 0.1) is 0 Å². The van der Waals surface area contributed by atoms with E-state index in [-0.39, 0.29) is 5.91 Å². The van der Waals surface area contributed by atoms with E-state index in [1.807, 2.05) is 12.1 Å². The van der Waals surface area contributed by atoms with Crippen molar-refractivity contribution >= 4 is 5.91 Å². The highest BCUT2D eigenvalue weighted by atomic mass is 16.5. The molecule has 1 aliphatic carbocycles. The number of nitrogens with one attached hydrogen (secondary N) is 1. The van der Waals surface area contributed by atoms with Gasteiger partial charge >= 0.3 is 0 Å². The molecule has 0 bridgehead atoms. The third-order valence-corrected chi connectivity index (χ3v) is 4.30. The molecule has 21 heavy (non-hydrogen) atoms. The number of aliphatic hydroxyl groups excluding tert-OH is 1. The lowest BCUT2D eigenvalue weighted by Gasteiger charge is -2.23. The van der Waals surface area contributed by atoms with E-state index in [9.17, 15) is 9.90 Å². The minimum absolute atomic E-state index is 0.0516. The Kier molecular flexibility index (Phi) is 4.12. The smallest absolute Gasteiger partial charge is 0.257 e. The molecule has 1 aromatic carbocycles. The summed E-state index contributed by atoms with van der Waals surface area (Å²) < 4.78 is 5.42. The summed E-state index contributed by atoms with van der Waals surface area (Å²) in [7, 11) is 1.60. The van der Waals surface area contributed by atoms with Gasteiger partial charge in [-0.25, -0.2) is 0 Å². The number of aryl methyl sites for hydroxylation is 2. The predicted octanol–water partition coefficient (Wildman–Crippen LogP) is 0.590. The Morgan fingerprint density at radius 2 is 2.14 bits per heavy atom. The highest BCUT2D eigenvalue weighted by Gasteiger charge is 2.25. The van der Waals surface area contributed by atoms with Crippen molar-refractivity contribution in [3.8, 4) is 5.75 Å². The topological polar surface area (TPSA) is 61.8 Å². The Hall–Kier alpha value is -1.59. The molecule has 114 valence electrons. The molecule has 1 atom stereocenters. The maximum atomic E-state index is 12.8. The van der Waals surface area contributed by atoms with E-state index >= 15 is 0 Å². The highest BCUT2D eigenvalue weighted by molar-refractivity contribution is 5.97. The summed E-state index contributed by atoms with van der Waals surface area (Å²) in [5.41, 5.74) is 3.17. The van der Waals surface area contributed by atoms with Crippen molar-refractivity contribution < 1.29 is 14.6 Å². The number of methoxy groups -OCH3 is 1. The van der Waals surface area contributed by atoms with Crippen LogP contribution >= 0.6 is 0 Å². The SMILES string of the molecule is COc1cc2c(cc1C(=O)N1CCNC[C@H](O)C1)CCC2. The molecule has 1 amide bonds. The fourth-order valence-corrected chi connectivity index (χ4v) is 3.19. The molecule has 0 spiro atoms. The van der Waals surface area contributed by atoms with Gasteiger partial charge in [-0.05, 0) is 42.5 Å². The van der Waals surface area contributed by atoms with Gasteiger partial charge in [0.05, 0.1) is 18.8 Å². The fourth-order valence-electron chi connectivity index (χ4n) is 3.19. The Labute approximate surface area is 124 Å². The predicted molar refractivity (Wildman–Crippen MR) is 79.8 cm³/mol. The molecule has 2 N–H and O–H groups in total. The minimum Gasteiger partial charge on any atom is -0.496 e.